The van der Waals surface area contributed by atoms with Crippen LogP contribution >= 0.6 is 0 Å². The quantitative estimate of drug-likeness (QED) is 0.820. The van der Waals surface area contributed by atoms with Gasteiger partial charge in [0.05, 0.1) is 10.5 Å². The summed E-state index contributed by atoms with van der Waals surface area (Å²) in [4.78, 5) is 1.71. The number of hydrogen-bond acceptors (Lipinski definition) is 3. The van der Waals surface area contributed by atoms with Gasteiger partial charge >= 0.3 is 6.18 Å². The number of rotatable bonds is 7. The Balaban J connectivity index is 2.81. The molecule has 1 aromatic carbocycles. The monoisotopic (exact) mass is 352 g/mol. The van der Waals surface area contributed by atoms with Gasteiger partial charge in [0.2, 0.25) is 10.0 Å². The molecular weight excluding hydrogens is 329 g/mol. The van der Waals surface area contributed by atoms with E-state index in [0.29, 0.717) is 12.6 Å². The van der Waals surface area contributed by atoms with Crippen LogP contribution in [0.4, 0.5) is 13.2 Å². The summed E-state index contributed by atoms with van der Waals surface area (Å²) in [7, 11) is -3.97. The Labute approximate surface area is 135 Å². The third-order valence-corrected chi connectivity index (χ3v) is 4.92. The van der Waals surface area contributed by atoms with Crippen molar-refractivity contribution in [2.24, 2.45) is 0 Å². The van der Waals surface area contributed by atoms with Gasteiger partial charge in [-0.1, -0.05) is 6.07 Å². The van der Waals surface area contributed by atoms with Gasteiger partial charge in [0.15, 0.2) is 0 Å². The Hall–Kier alpha value is -1.12. The van der Waals surface area contributed by atoms with Crippen LogP contribution in [0, 0.1) is 0 Å². The van der Waals surface area contributed by atoms with E-state index in [-0.39, 0.29) is 23.5 Å². The maximum atomic E-state index is 12.7. The summed E-state index contributed by atoms with van der Waals surface area (Å²) in [5, 5.41) is 0. The molecule has 0 spiro atoms. The van der Waals surface area contributed by atoms with Crippen molar-refractivity contribution in [3.05, 3.63) is 29.8 Å². The molecule has 1 N–H and O–H groups in total. The van der Waals surface area contributed by atoms with Crippen LogP contribution < -0.4 is 4.72 Å². The molecule has 8 heteroatoms. The van der Waals surface area contributed by atoms with Gasteiger partial charge in [-0.3, -0.25) is 4.90 Å². The molecule has 0 aromatic heterocycles. The number of alkyl halides is 3. The lowest BCUT2D eigenvalue weighted by molar-refractivity contribution is -0.137. The molecule has 0 aliphatic heterocycles. The normalized spacial score (nSPS) is 13.3. The molecule has 0 amide bonds. The second-order valence-electron chi connectivity index (χ2n) is 5.85. The van der Waals surface area contributed by atoms with E-state index in [1.807, 2.05) is 27.7 Å². The van der Waals surface area contributed by atoms with Crippen molar-refractivity contribution in [1.29, 1.82) is 0 Å². The molecule has 0 heterocycles. The van der Waals surface area contributed by atoms with E-state index in [1.165, 1.54) is 0 Å². The van der Waals surface area contributed by atoms with Crippen molar-refractivity contribution >= 4 is 10.0 Å². The van der Waals surface area contributed by atoms with Gasteiger partial charge in [0, 0.05) is 25.2 Å². The van der Waals surface area contributed by atoms with Crippen LogP contribution in [-0.2, 0) is 16.2 Å². The Morgan fingerprint density at radius 2 is 1.70 bits per heavy atom. The fourth-order valence-corrected chi connectivity index (χ4v) is 3.41. The molecule has 0 saturated heterocycles. The van der Waals surface area contributed by atoms with Crippen molar-refractivity contribution in [2.45, 2.75) is 50.9 Å². The fourth-order valence-electron chi connectivity index (χ4n) is 2.34. The zero-order valence-electron chi connectivity index (χ0n) is 13.7. The van der Waals surface area contributed by atoms with Crippen LogP contribution in [-0.4, -0.2) is 38.5 Å². The number of benzene rings is 1. The van der Waals surface area contributed by atoms with Crippen LogP contribution in [0.5, 0.6) is 0 Å². The second-order valence-corrected chi connectivity index (χ2v) is 7.62. The third kappa shape index (κ3) is 5.78. The zero-order chi connectivity index (χ0) is 17.8. The molecule has 0 aliphatic carbocycles. The molecule has 0 radical (unpaired) electrons. The van der Waals surface area contributed by atoms with E-state index >= 15 is 0 Å². The molecule has 4 nitrogen and oxygen atoms in total. The summed E-state index contributed by atoms with van der Waals surface area (Å²) in [6, 6.07) is 4.22. The second kappa shape index (κ2) is 7.63. The highest BCUT2D eigenvalue weighted by Gasteiger charge is 2.31. The lowest BCUT2D eigenvalue weighted by atomic mass is 10.2. The number of halogens is 3. The average molecular weight is 352 g/mol. The Bertz CT molecular complexity index is 605. The number of nitrogens with one attached hydrogen (secondary N) is 1. The first kappa shape index (κ1) is 19.9. The van der Waals surface area contributed by atoms with Crippen LogP contribution in [0.3, 0.4) is 0 Å². The highest BCUT2D eigenvalue weighted by atomic mass is 32.2. The first-order chi connectivity index (χ1) is 10.4. The molecule has 0 aliphatic rings. The highest BCUT2D eigenvalue weighted by molar-refractivity contribution is 7.89. The molecule has 0 unspecified atom stereocenters. The van der Waals surface area contributed by atoms with Crippen molar-refractivity contribution in [3.8, 4) is 0 Å². The molecule has 0 saturated carbocycles. The standard InChI is InChI=1S/C15H23F3N2O2S/c1-11(2)20(12(3)4)9-8-19-23(21,22)14-7-5-6-13(10-14)15(16,17)18/h5-7,10-12,19H,8-9H2,1-4H3. The third-order valence-electron chi connectivity index (χ3n) is 3.46. The minimum absolute atomic E-state index is 0.134. The van der Waals surface area contributed by atoms with Gasteiger partial charge in [0.25, 0.3) is 0 Å². The van der Waals surface area contributed by atoms with Crippen LogP contribution in [0.2, 0.25) is 0 Å². The summed E-state index contributed by atoms with van der Waals surface area (Å²) >= 11 is 0. The van der Waals surface area contributed by atoms with Crippen LogP contribution in [0.1, 0.15) is 33.3 Å². The van der Waals surface area contributed by atoms with Crippen LogP contribution in [0.15, 0.2) is 29.2 Å². The van der Waals surface area contributed by atoms with Crippen molar-refractivity contribution in [3.63, 3.8) is 0 Å². The van der Waals surface area contributed by atoms with Gasteiger partial charge in [-0.25, -0.2) is 13.1 Å². The first-order valence-corrected chi connectivity index (χ1v) is 8.86. The van der Waals surface area contributed by atoms with Gasteiger partial charge in [-0.05, 0) is 45.9 Å². The SMILES string of the molecule is CC(C)N(CCNS(=O)(=O)c1cccc(C(F)(F)F)c1)C(C)C. The maximum absolute atomic E-state index is 12.7. The summed E-state index contributed by atoms with van der Waals surface area (Å²) in [6.45, 7) is 8.62. The molecule has 0 atom stereocenters. The lowest BCUT2D eigenvalue weighted by Crippen LogP contribution is -2.42. The highest BCUT2D eigenvalue weighted by Crippen LogP contribution is 2.30. The van der Waals surface area contributed by atoms with Crippen molar-refractivity contribution in [2.75, 3.05) is 13.1 Å². The van der Waals surface area contributed by atoms with E-state index in [2.05, 4.69) is 9.62 Å². The molecule has 0 fully saturated rings. The first-order valence-electron chi connectivity index (χ1n) is 7.38. The molecule has 0 bridgehead atoms. The number of nitrogens with zero attached hydrogens (tertiary/aromatic N) is 1. The zero-order valence-corrected chi connectivity index (χ0v) is 14.5. The largest absolute Gasteiger partial charge is 0.416 e. The summed E-state index contributed by atoms with van der Waals surface area (Å²) in [6.07, 6.45) is -4.57. The average Bonchev–Trinajstić information content (AvgIpc) is 2.42. The number of hydrogen-bond donors (Lipinski definition) is 1. The Morgan fingerprint density at radius 3 is 2.17 bits per heavy atom. The Kier molecular flexibility index (Phi) is 6.61. The van der Waals surface area contributed by atoms with Gasteiger partial charge < -0.3 is 0 Å². The maximum Gasteiger partial charge on any atom is 0.416 e. The van der Waals surface area contributed by atoms with Crippen molar-refractivity contribution in [1.82, 2.24) is 9.62 Å². The van der Waals surface area contributed by atoms with Gasteiger partial charge in [-0.2, -0.15) is 13.2 Å². The minimum Gasteiger partial charge on any atom is -0.297 e. The molecule has 23 heavy (non-hydrogen) atoms. The van der Waals surface area contributed by atoms with Gasteiger partial charge in [-0.15, -0.1) is 0 Å². The van der Waals surface area contributed by atoms with E-state index in [9.17, 15) is 21.6 Å². The topological polar surface area (TPSA) is 49.4 Å². The van der Waals surface area contributed by atoms with E-state index in [1.54, 1.807) is 0 Å². The number of sulfonamides is 1. The molecule has 132 valence electrons. The summed E-state index contributed by atoms with van der Waals surface area (Å²) < 4.78 is 64.6. The van der Waals surface area contributed by atoms with E-state index < -0.39 is 21.8 Å². The predicted octanol–water partition coefficient (Wildman–Crippen LogP) is 3.10. The Morgan fingerprint density at radius 1 is 1.13 bits per heavy atom. The lowest BCUT2D eigenvalue weighted by Gasteiger charge is -2.30. The smallest absolute Gasteiger partial charge is 0.297 e. The van der Waals surface area contributed by atoms with Crippen LogP contribution in [0.25, 0.3) is 0 Å². The predicted molar refractivity (Wildman–Crippen MR) is 83.6 cm³/mol. The molecule has 1 rings (SSSR count). The molecule has 1 aromatic rings. The molecular formula is C15H23F3N2O2S. The summed E-state index contributed by atoms with van der Waals surface area (Å²) in [5.74, 6) is 0. The minimum atomic E-state index is -4.57. The van der Waals surface area contributed by atoms with Gasteiger partial charge in [0.1, 0.15) is 0 Å². The van der Waals surface area contributed by atoms with E-state index in [0.717, 1.165) is 18.2 Å². The van der Waals surface area contributed by atoms with E-state index in [4.69, 9.17) is 0 Å². The van der Waals surface area contributed by atoms with Crippen molar-refractivity contribution < 1.29 is 21.6 Å². The fraction of sp³-hybridized carbons (Fsp3) is 0.600. The summed E-state index contributed by atoms with van der Waals surface area (Å²) in [5.41, 5.74) is -0.980.